The van der Waals surface area contributed by atoms with E-state index in [0.29, 0.717) is 28.7 Å². The van der Waals surface area contributed by atoms with Crippen LogP contribution in [0.5, 0.6) is 0 Å². The summed E-state index contributed by atoms with van der Waals surface area (Å²) in [7, 11) is 0. The summed E-state index contributed by atoms with van der Waals surface area (Å²) >= 11 is 0. The van der Waals surface area contributed by atoms with E-state index in [1.165, 1.54) is 0 Å². The van der Waals surface area contributed by atoms with E-state index in [2.05, 4.69) is 9.97 Å². The standard InChI is InChI=1S/C23H23N3O4/c1-14(2)26(13-19-24-18-11-7-6-10-17(18)20(27)25-19)22(29)23(3)12-15-8-4-5-9-16(15)21(28)30-23/h4-11,14H,12-13H2,1-3H3,(H,24,25,27). The van der Waals surface area contributed by atoms with E-state index in [4.69, 9.17) is 4.74 Å². The molecular weight excluding hydrogens is 382 g/mol. The van der Waals surface area contributed by atoms with Crippen LogP contribution < -0.4 is 5.56 Å². The average Bonchev–Trinajstić information content (AvgIpc) is 2.71. The molecule has 0 aliphatic carbocycles. The molecule has 7 nitrogen and oxygen atoms in total. The molecule has 0 fully saturated rings. The molecule has 30 heavy (non-hydrogen) atoms. The van der Waals surface area contributed by atoms with Gasteiger partial charge in [0.15, 0.2) is 5.60 Å². The second-order valence-electron chi connectivity index (χ2n) is 8.01. The highest BCUT2D eigenvalue weighted by Gasteiger charge is 2.45. The molecule has 7 heteroatoms. The fourth-order valence-electron chi connectivity index (χ4n) is 3.82. The molecule has 1 N–H and O–H groups in total. The van der Waals surface area contributed by atoms with Crippen molar-refractivity contribution in [3.63, 3.8) is 0 Å². The first kappa shape index (κ1) is 19.8. The molecule has 0 spiro atoms. The van der Waals surface area contributed by atoms with Crippen molar-refractivity contribution in [3.05, 3.63) is 75.8 Å². The minimum absolute atomic E-state index is 0.103. The quantitative estimate of drug-likeness (QED) is 0.674. The summed E-state index contributed by atoms with van der Waals surface area (Å²) in [4.78, 5) is 47.2. The molecule has 1 amide bonds. The number of ether oxygens (including phenoxy) is 1. The first-order valence-electron chi connectivity index (χ1n) is 9.89. The second-order valence-corrected chi connectivity index (χ2v) is 8.01. The molecule has 1 aliphatic rings. The maximum atomic E-state index is 13.5. The number of aromatic amines is 1. The number of nitrogens with zero attached hydrogens (tertiary/aromatic N) is 2. The van der Waals surface area contributed by atoms with Gasteiger partial charge in [-0.1, -0.05) is 30.3 Å². The van der Waals surface area contributed by atoms with Gasteiger partial charge in [0.2, 0.25) is 0 Å². The SMILES string of the molecule is CC(C)N(Cc1nc2ccccc2c(=O)[nH]1)C(=O)C1(C)Cc2ccccc2C(=O)O1. The number of esters is 1. The smallest absolute Gasteiger partial charge is 0.339 e. The maximum absolute atomic E-state index is 13.5. The van der Waals surface area contributed by atoms with Gasteiger partial charge >= 0.3 is 5.97 Å². The predicted octanol–water partition coefficient (Wildman–Crippen LogP) is 2.83. The fourth-order valence-corrected chi connectivity index (χ4v) is 3.82. The number of benzene rings is 2. The monoisotopic (exact) mass is 405 g/mol. The minimum atomic E-state index is -1.33. The molecule has 2 heterocycles. The van der Waals surface area contributed by atoms with Crippen molar-refractivity contribution in [2.75, 3.05) is 0 Å². The molecule has 3 aromatic rings. The molecule has 0 radical (unpaired) electrons. The molecule has 0 saturated heterocycles. The summed E-state index contributed by atoms with van der Waals surface area (Å²) in [6.45, 7) is 5.48. The van der Waals surface area contributed by atoms with Crippen LogP contribution in [0, 0.1) is 0 Å². The molecule has 1 atom stereocenters. The second kappa shape index (κ2) is 7.40. The van der Waals surface area contributed by atoms with Crippen LogP contribution in [-0.2, 0) is 22.5 Å². The highest BCUT2D eigenvalue weighted by atomic mass is 16.6. The van der Waals surface area contributed by atoms with E-state index in [-0.39, 0.29) is 24.1 Å². The molecule has 4 rings (SSSR count). The Balaban J connectivity index is 1.66. The lowest BCUT2D eigenvalue weighted by molar-refractivity contribution is -0.153. The summed E-state index contributed by atoms with van der Waals surface area (Å²) in [5.41, 5.74) is 0.255. The number of carbonyl (C=O) groups is 2. The van der Waals surface area contributed by atoms with Crippen LogP contribution in [0.4, 0.5) is 0 Å². The summed E-state index contributed by atoms with van der Waals surface area (Å²) < 4.78 is 5.60. The van der Waals surface area contributed by atoms with Crippen molar-refractivity contribution in [1.82, 2.24) is 14.9 Å². The van der Waals surface area contributed by atoms with Gasteiger partial charge in [-0.2, -0.15) is 0 Å². The summed E-state index contributed by atoms with van der Waals surface area (Å²) in [6, 6.07) is 14.0. The zero-order valence-electron chi connectivity index (χ0n) is 17.1. The molecule has 1 unspecified atom stereocenters. The van der Waals surface area contributed by atoms with Gasteiger partial charge in [-0.25, -0.2) is 9.78 Å². The van der Waals surface area contributed by atoms with Crippen LogP contribution in [0.15, 0.2) is 53.3 Å². The van der Waals surface area contributed by atoms with E-state index >= 15 is 0 Å². The third kappa shape index (κ3) is 3.47. The van der Waals surface area contributed by atoms with Crippen molar-refractivity contribution in [1.29, 1.82) is 0 Å². The van der Waals surface area contributed by atoms with E-state index in [0.717, 1.165) is 5.56 Å². The summed E-state index contributed by atoms with van der Waals surface area (Å²) in [5, 5.41) is 0.494. The predicted molar refractivity (Wildman–Crippen MR) is 112 cm³/mol. The summed E-state index contributed by atoms with van der Waals surface area (Å²) in [5.74, 6) is -0.448. The Morgan fingerprint density at radius 1 is 1.17 bits per heavy atom. The van der Waals surface area contributed by atoms with Crippen molar-refractivity contribution < 1.29 is 14.3 Å². The van der Waals surface area contributed by atoms with Gasteiger partial charge in [0, 0.05) is 12.5 Å². The zero-order chi connectivity index (χ0) is 21.5. The fraction of sp³-hybridized carbons (Fsp3) is 0.304. The Morgan fingerprint density at radius 2 is 1.87 bits per heavy atom. The topological polar surface area (TPSA) is 92.4 Å². The van der Waals surface area contributed by atoms with Crippen LogP contribution >= 0.6 is 0 Å². The molecule has 1 aromatic heterocycles. The number of hydrogen-bond acceptors (Lipinski definition) is 5. The Kier molecular flexibility index (Phi) is 4.89. The average molecular weight is 405 g/mol. The molecular formula is C23H23N3O4. The normalized spacial score (nSPS) is 18.2. The number of H-pyrrole nitrogens is 1. The minimum Gasteiger partial charge on any atom is -0.445 e. The Labute approximate surface area is 173 Å². The van der Waals surface area contributed by atoms with Gasteiger partial charge < -0.3 is 14.6 Å². The van der Waals surface area contributed by atoms with Crippen molar-refractivity contribution >= 4 is 22.8 Å². The van der Waals surface area contributed by atoms with Crippen LogP contribution in [0.3, 0.4) is 0 Å². The van der Waals surface area contributed by atoms with Gasteiger partial charge in [0.25, 0.3) is 11.5 Å². The van der Waals surface area contributed by atoms with Crippen LogP contribution in [0.1, 0.15) is 42.5 Å². The number of fused-ring (bicyclic) bond motifs is 2. The van der Waals surface area contributed by atoms with E-state index in [1.54, 1.807) is 42.2 Å². The number of hydrogen-bond donors (Lipinski definition) is 1. The Hall–Kier alpha value is -3.48. The molecule has 2 aromatic carbocycles. The van der Waals surface area contributed by atoms with Gasteiger partial charge in [-0.3, -0.25) is 9.59 Å². The number of amides is 1. The maximum Gasteiger partial charge on any atom is 0.339 e. The number of rotatable bonds is 4. The third-order valence-corrected chi connectivity index (χ3v) is 5.40. The van der Waals surface area contributed by atoms with Crippen molar-refractivity contribution in [3.8, 4) is 0 Å². The number of cyclic esters (lactones) is 1. The first-order valence-corrected chi connectivity index (χ1v) is 9.89. The van der Waals surface area contributed by atoms with Crippen molar-refractivity contribution in [2.24, 2.45) is 0 Å². The Morgan fingerprint density at radius 3 is 2.63 bits per heavy atom. The number of para-hydroxylation sites is 1. The van der Waals surface area contributed by atoms with E-state index in [1.807, 2.05) is 32.0 Å². The third-order valence-electron chi connectivity index (χ3n) is 5.40. The summed E-state index contributed by atoms with van der Waals surface area (Å²) in [6.07, 6.45) is 0.290. The molecule has 154 valence electrons. The van der Waals surface area contributed by atoms with Gasteiger partial charge in [0.05, 0.1) is 23.0 Å². The highest BCUT2D eigenvalue weighted by Crippen LogP contribution is 2.30. The zero-order valence-corrected chi connectivity index (χ0v) is 17.1. The van der Waals surface area contributed by atoms with Crippen LogP contribution in [-0.4, -0.2) is 38.4 Å². The Bertz CT molecular complexity index is 1200. The largest absolute Gasteiger partial charge is 0.445 e. The van der Waals surface area contributed by atoms with Crippen molar-refractivity contribution in [2.45, 2.75) is 45.4 Å². The molecule has 0 bridgehead atoms. The molecule has 0 saturated carbocycles. The van der Waals surface area contributed by atoms with E-state index < -0.39 is 11.6 Å². The van der Waals surface area contributed by atoms with Gasteiger partial charge in [0.1, 0.15) is 5.82 Å². The lowest BCUT2D eigenvalue weighted by Gasteiger charge is -2.38. The van der Waals surface area contributed by atoms with Crippen LogP contribution in [0.25, 0.3) is 10.9 Å². The lowest BCUT2D eigenvalue weighted by atomic mass is 9.88. The number of aromatic nitrogens is 2. The van der Waals surface area contributed by atoms with Gasteiger partial charge in [-0.05, 0) is 44.5 Å². The first-order chi connectivity index (χ1) is 14.3. The highest BCUT2D eigenvalue weighted by molar-refractivity contribution is 5.97. The van der Waals surface area contributed by atoms with Gasteiger partial charge in [-0.15, -0.1) is 0 Å². The van der Waals surface area contributed by atoms with E-state index in [9.17, 15) is 14.4 Å². The lowest BCUT2D eigenvalue weighted by Crippen LogP contribution is -2.54. The molecule has 1 aliphatic heterocycles. The number of carbonyl (C=O) groups excluding carboxylic acids is 2. The number of nitrogens with one attached hydrogen (secondary N) is 1. The van der Waals surface area contributed by atoms with Crippen LogP contribution in [0.2, 0.25) is 0 Å².